The van der Waals surface area contributed by atoms with Crippen LogP contribution in [0.25, 0.3) is 11.0 Å². The third kappa shape index (κ3) is 2.34. The van der Waals surface area contributed by atoms with Crippen molar-refractivity contribution in [2.75, 3.05) is 0 Å². The Kier molecular flexibility index (Phi) is 3.21. The number of benzene rings is 1. The highest BCUT2D eigenvalue weighted by Crippen LogP contribution is 2.27. The summed E-state index contributed by atoms with van der Waals surface area (Å²) >= 11 is 12.2. The molecule has 0 aliphatic rings. The molecule has 0 saturated heterocycles. The van der Waals surface area contributed by atoms with Crippen molar-refractivity contribution >= 4 is 34.2 Å². The number of nitrogens with zero attached hydrogens (tertiary/aromatic N) is 1. The fraction of sp³-hybridized carbons (Fsp3) is 0.133. The van der Waals surface area contributed by atoms with E-state index in [1.165, 1.54) is 5.56 Å². The number of aryl methyl sites for hydroxylation is 1. The van der Waals surface area contributed by atoms with Crippen LogP contribution in [0.5, 0.6) is 0 Å². The first kappa shape index (κ1) is 12.5. The van der Waals surface area contributed by atoms with Gasteiger partial charge in [0.1, 0.15) is 0 Å². The number of hydrogen-bond acceptors (Lipinski definition) is 1. The number of hydrogen-bond donors (Lipinski definition) is 1. The maximum absolute atomic E-state index is 6.23. The second-order valence-electron chi connectivity index (χ2n) is 4.54. The van der Waals surface area contributed by atoms with E-state index in [0.717, 1.165) is 28.7 Å². The van der Waals surface area contributed by atoms with E-state index in [-0.39, 0.29) is 0 Å². The highest BCUT2D eigenvalue weighted by atomic mass is 35.5. The first-order valence-electron chi connectivity index (χ1n) is 6.01. The lowest BCUT2D eigenvalue weighted by molar-refractivity contribution is 1.14. The summed E-state index contributed by atoms with van der Waals surface area (Å²) in [5, 5.41) is 1.35. The van der Waals surface area contributed by atoms with Gasteiger partial charge in [-0.2, -0.15) is 0 Å². The molecule has 0 saturated carbocycles. The maximum Gasteiger partial charge on any atom is 0.0916 e. The van der Waals surface area contributed by atoms with Crippen LogP contribution in [-0.4, -0.2) is 9.97 Å². The zero-order chi connectivity index (χ0) is 13.4. The minimum Gasteiger partial charge on any atom is -0.357 e. The summed E-state index contributed by atoms with van der Waals surface area (Å²) in [4.78, 5) is 7.79. The van der Waals surface area contributed by atoms with Crippen molar-refractivity contribution < 1.29 is 0 Å². The molecule has 0 aliphatic heterocycles. The van der Waals surface area contributed by atoms with Gasteiger partial charge in [0.05, 0.1) is 11.0 Å². The number of aromatic nitrogens is 2. The van der Waals surface area contributed by atoms with Crippen molar-refractivity contribution in [2.24, 2.45) is 0 Å². The molecular formula is C15H12Cl2N2. The molecule has 2 heterocycles. The van der Waals surface area contributed by atoms with Crippen LogP contribution in [0.1, 0.15) is 16.8 Å². The van der Waals surface area contributed by atoms with E-state index in [4.69, 9.17) is 23.2 Å². The van der Waals surface area contributed by atoms with Crippen molar-refractivity contribution in [1.29, 1.82) is 0 Å². The zero-order valence-corrected chi connectivity index (χ0v) is 11.9. The van der Waals surface area contributed by atoms with Crippen LogP contribution in [0.4, 0.5) is 0 Å². The Bertz CT molecular complexity index is 747. The molecule has 0 radical (unpaired) electrons. The average Bonchev–Trinajstić information content (AvgIpc) is 2.69. The molecule has 3 aromatic rings. The number of aromatic amines is 1. The summed E-state index contributed by atoms with van der Waals surface area (Å²) in [6, 6.07) is 9.56. The number of pyridine rings is 1. The van der Waals surface area contributed by atoms with Crippen LogP contribution in [-0.2, 0) is 6.42 Å². The van der Waals surface area contributed by atoms with Gasteiger partial charge >= 0.3 is 0 Å². The predicted octanol–water partition coefficient (Wildman–Crippen LogP) is 4.77. The van der Waals surface area contributed by atoms with Gasteiger partial charge in [-0.1, -0.05) is 29.3 Å². The van der Waals surface area contributed by atoms with Crippen molar-refractivity contribution in [3.63, 3.8) is 0 Å². The fourth-order valence-corrected chi connectivity index (χ4v) is 2.75. The molecule has 3 rings (SSSR count). The summed E-state index contributed by atoms with van der Waals surface area (Å²) in [5.74, 6) is 0. The van der Waals surface area contributed by atoms with E-state index in [2.05, 4.69) is 16.9 Å². The normalized spacial score (nSPS) is 11.1. The molecule has 0 unspecified atom stereocenters. The summed E-state index contributed by atoms with van der Waals surface area (Å²) in [7, 11) is 0. The highest BCUT2D eigenvalue weighted by Gasteiger charge is 2.11. The molecule has 0 aliphatic carbocycles. The third-order valence-corrected chi connectivity index (χ3v) is 3.84. The molecule has 0 bridgehead atoms. The number of rotatable bonds is 2. The molecule has 2 aromatic heterocycles. The van der Waals surface area contributed by atoms with Crippen LogP contribution in [0.15, 0.2) is 36.5 Å². The first-order chi connectivity index (χ1) is 9.15. The van der Waals surface area contributed by atoms with Crippen molar-refractivity contribution in [1.82, 2.24) is 9.97 Å². The van der Waals surface area contributed by atoms with Gasteiger partial charge in [-0.25, -0.2) is 0 Å². The van der Waals surface area contributed by atoms with Crippen molar-refractivity contribution in [2.45, 2.75) is 13.3 Å². The van der Waals surface area contributed by atoms with Crippen LogP contribution in [0.3, 0.4) is 0 Å². The Morgan fingerprint density at radius 1 is 1.21 bits per heavy atom. The van der Waals surface area contributed by atoms with E-state index in [9.17, 15) is 0 Å². The van der Waals surface area contributed by atoms with E-state index in [0.29, 0.717) is 10.0 Å². The maximum atomic E-state index is 6.23. The van der Waals surface area contributed by atoms with Gasteiger partial charge in [-0.15, -0.1) is 0 Å². The second kappa shape index (κ2) is 4.87. The third-order valence-electron chi connectivity index (χ3n) is 3.25. The molecule has 1 N–H and O–H groups in total. The topological polar surface area (TPSA) is 28.7 Å². The number of fused-ring (bicyclic) bond motifs is 1. The lowest BCUT2D eigenvalue weighted by atomic mass is 10.0. The molecule has 2 nitrogen and oxygen atoms in total. The van der Waals surface area contributed by atoms with Crippen LogP contribution < -0.4 is 0 Å². The zero-order valence-electron chi connectivity index (χ0n) is 10.4. The van der Waals surface area contributed by atoms with Gasteiger partial charge in [0.25, 0.3) is 0 Å². The molecule has 96 valence electrons. The minimum absolute atomic E-state index is 0.655. The van der Waals surface area contributed by atoms with Crippen molar-refractivity contribution in [3.05, 3.63) is 63.4 Å². The monoisotopic (exact) mass is 290 g/mol. The number of H-pyrrole nitrogens is 1. The van der Waals surface area contributed by atoms with Gasteiger partial charge in [0.2, 0.25) is 0 Å². The van der Waals surface area contributed by atoms with Crippen LogP contribution in [0.2, 0.25) is 10.0 Å². The molecule has 19 heavy (non-hydrogen) atoms. The number of halogens is 2. The molecule has 0 amide bonds. The van der Waals surface area contributed by atoms with Crippen LogP contribution in [0, 0.1) is 6.92 Å². The van der Waals surface area contributed by atoms with E-state index in [1.54, 1.807) is 6.07 Å². The van der Waals surface area contributed by atoms with Crippen LogP contribution >= 0.6 is 23.2 Å². The van der Waals surface area contributed by atoms with Gasteiger partial charge < -0.3 is 4.98 Å². The molecule has 0 spiro atoms. The highest BCUT2D eigenvalue weighted by molar-refractivity contribution is 6.35. The van der Waals surface area contributed by atoms with Gasteiger partial charge in [-0.05, 0) is 36.8 Å². The molecule has 0 atom stereocenters. The SMILES string of the molecule is Cc1[nH]c2cccnc2c1Cc1ccc(Cl)cc1Cl. The standard InChI is InChI=1S/C15H12Cl2N2/c1-9-12(15-14(19-9)3-2-6-18-15)7-10-4-5-11(16)8-13(10)17/h2-6,8,19H,7H2,1H3. The Hall–Kier alpha value is -1.51. The Labute approximate surface area is 121 Å². The minimum atomic E-state index is 0.655. The lowest BCUT2D eigenvalue weighted by Gasteiger charge is -2.05. The van der Waals surface area contributed by atoms with Gasteiger partial charge in [0, 0.05) is 33.9 Å². The smallest absolute Gasteiger partial charge is 0.0916 e. The van der Waals surface area contributed by atoms with Gasteiger partial charge in [-0.3, -0.25) is 4.98 Å². The fourth-order valence-electron chi connectivity index (χ4n) is 2.27. The summed E-state index contributed by atoms with van der Waals surface area (Å²) in [6.07, 6.45) is 2.56. The predicted molar refractivity (Wildman–Crippen MR) is 80.1 cm³/mol. The molecular weight excluding hydrogens is 279 g/mol. The average molecular weight is 291 g/mol. The summed E-state index contributed by atoms with van der Waals surface area (Å²) < 4.78 is 0. The molecule has 1 aromatic carbocycles. The largest absolute Gasteiger partial charge is 0.357 e. The molecule has 0 fully saturated rings. The quantitative estimate of drug-likeness (QED) is 0.724. The Morgan fingerprint density at radius 2 is 2.05 bits per heavy atom. The second-order valence-corrected chi connectivity index (χ2v) is 5.38. The van der Waals surface area contributed by atoms with Gasteiger partial charge in [0.15, 0.2) is 0 Å². The van der Waals surface area contributed by atoms with Crippen molar-refractivity contribution in [3.8, 4) is 0 Å². The summed E-state index contributed by atoms with van der Waals surface area (Å²) in [6.45, 7) is 2.06. The summed E-state index contributed by atoms with van der Waals surface area (Å²) in [5.41, 5.74) is 5.42. The number of nitrogens with one attached hydrogen (secondary N) is 1. The van der Waals surface area contributed by atoms with E-state index < -0.39 is 0 Å². The van der Waals surface area contributed by atoms with E-state index in [1.807, 2.05) is 30.5 Å². The lowest BCUT2D eigenvalue weighted by Crippen LogP contribution is -1.91. The Morgan fingerprint density at radius 3 is 2.84 bits per heavy atom. The first-order valence-corrected chi connectivity index (χ1v) is 6.77. The van der Waals surface area contributed by atoms with E-state index >= 15 is 0 Å². The molecule has 4 heteroatoms. The Balaban J connectivity index is 2.08.